The first-order valence-electron chi connectivity index (χ1n) is 7.01. The third kappa shape index (κ3) is 2.67. The van der Waals surface area contributed by atoms with E-state index in [2.05, 4.69) is 0 Å². The Kier molecular flexibility index (Phi) is 4.60. The number of nitrogens with two attached hydrogens (primary N) is 1. The fourth-order valence-corrected chi connectivity index (χ4v) is 5.41. The standard InChI is InChI=1S/C15H23NO4S/c1-4-21(17,18)14-13(15(14,9-16)10-19-2)11-5-7-12(20-3)8-6-11/h5-8,13-14H,4,9-10,16H2,1-3H3/t13-,14-,15-/m1/s1. The van der Waals surface area contributed by atoms with Gasteiger partial charge in [-0.05, 0) is 17.7 Å². The molecule has 118 valence electrons. The van der Waals surface area contributed by atoms with Crippen molar-refractivity contribution in [2.24, 2.45) is 11.1 Å². The molecule has 0 amide bonds. The lowest BCUT2D eigenvalue weighted by atomic mass is 10.00. The zero-order valence-corrected chi connectivity index (χ0v) is 13.5. The van der Waals surface area contributed by atoms with Crippen LogP contribution in [-0.4, -0.2) is 46.8 Å². The van der Waals surface area contributed by atoms with E-state index in [9.17, 15) is 8.42 Å². The van der Waals surface area contributed by atoms with Crippen LogP contribution in [0.25, 0.3) is 0 Å². The predicted molar refractivity (Wildman–Crippen MR) is 82.3 cm³/mol. The van der Waals surface area contributed by atoms with Gasteiger partial charge in [-0.25, -0.2) is 8.42 Å². The maximum atomic E-state index is 12.4. The van der Waals surface area contributed by atoms with Crippen LogP contribution in [-0.2, 0) is 14.6 Å². The first-order valence-corrected chi connectivity index (χ1v) is 8.73. The Labute approximate surface area is 126 Å². The minimum absolute atomic E-state index is 0.113. The second kappa shape index (κ2) is 5.94. The molecule has 0 spiro atoms. The van der Waals surface area contributed by atoms with Crippen molar-refractivity contribution >= 4 is 9.84 Å². The average molecular weight is 313 g/mol. The van der Waals surface area contributed by atoms with Crippen LogP contribution in [0, 0.1) is 5.41 Å². The molecule has 0 aliphatic heterocycles. The van der Waals surface area contributed by atoms with Crippen molar-refractivity contribution in [3.63, 3.8) is 0 Å². The monoisotopic (exact) mass is 313 g/mol. The van der Waals surface area contributed by atoms with Crippen molar-refractivity contribution in [2.75, 3.05) is 33.1 Å². The van der Waals surface area contributed by atoms with E-state index in [1.165, 1.54) is 0 Å². The molecule has 0 aromatic heterocycles. The van der Waals surface area contributed by atoms with E-state index >= 15 is 0 Å². The lowest BCUT2D eigenvalue weighted by Crippen LogP contribution is -2.28. The third-order valence-corrected chi connectivity index (χ3v) is 6.76. The quantitative estimate of drug-likeness (QED) is 0.818. The van der Waals surface area contributed by atoms with Gasteiger partial charge in [0.1, 0.15) is 5.75 Å². The molecule has 21 heavy (non-hydrogen) atoms. The second-order valence-corrected chi connectivity index (χ2v) is 7.90. The molecule has 0 heterocycles. The van der Waals surface area contributed by atoms with Gasteiger partial charge in [-0.2, -0.15) is 0 Å². The fourth-order valence-electron chi connectivity index (χ4n) is 3.26. The molecule has 0 bridgehead atoms. The first kappa shape index (κ1) is 16.3. The summed E-state index contributed by atoms with van der Waals surface area (Å²) in [5, 5.41) is -0.464. The zero-order chi connectivity index (χ0) is 15.7. The van der Waals surface area contributed by atoms with E-state index in [1.54, 1.807) is 21.1 Å². The molecule has 2 rings (SSSR count). The molecule has 0 saturated heterocycles. The van der Waals surface area contributed by atoms with Gasteiger partial charge >= 0.3 is 0 Å². The summed E-state index contributed by atoms with van der Waals surface area (Å²) in [5.74, 6) is 0.758. The summed E-state index contributed by atoms with van der Waals surface area (Å²) in [7, 11) is 0.0114. The number of hydrogen-bond acceptors (Lipinski definition) is 5. The van der Waals surface area contributed by atoms with Crippen molar-refractivity contribution in [2.45, 2.75) is 18.1 Å². The van der Waals surface area contributed by atoms with Gasteiger partial charge in [0.15, 0.2) is 9.84 Å². The lowest BCUT2D eigenvalue weighted by Gasteiger charge is -2.14. The minimum Gasteiger partial charge on any atom is -0.497 e. The molecule has 1 aliphatic rings. The van der Waals surface area contributed by atoms with Gasteiger partial charge in [0.05, 0.1) is 19.0 Å². The molecule has 0 radical (unpaired) electrons. The molecule has 3 atom stereocenters. The van der Waals surface area contributed by atoms with Crippen molar-refractivity contribution in [3.8, 4) is 5.75 Å². The van der Waals surface area contributed by atoms with Gasteiger partial charge in [-0.3, -0.25) is 0 Å². The van der Waals surface area contributed by atoms with Gasteiger partial charge < -0.3 is 15.2 Å². The number of hydrogen-bond donors (Lipinski definition) is 1. The molecule has 5 nitrogen and oxygen atoms in total. The van der Waals surface area contributed by atoms with E-state index in [1.807, 2.05) is 24.3 Å². The van der Waals surface area contributed by atoms with Crippen LogP contribution in [0.5, 0.6) is 5.75 Å². The number of ether oxygens (including phenoxy) is 2. The summed E-state index contributed by atoms with van der Waals surface area (Å²) in [6.07, 6.45) is 0. The molecule has 6 heteroatoms. The molecule has 0 unspecified atom stereocenters. The molecule has 1 aliphatic carbocycles. The van der Waals surface area contributed by atoms with E-state index < -0.39 is 20.5 Å². The van der Waals surface area contributed by atoms with E-state index in [0.717, 1.165) is 11.3 Å². The minimum atomic E-state index is -3.17. The zero-order valence-electron chi connectivity index (χ0n) is 12.7. The molecule has 2 N–H and O–H groups in total. The van der Waals surface area contributed by atoms with E-state index in [4.69, 9.17) is 15.2 Å². The molecular formula is C15H23NO4S. The maximum Gasteiger partial charge on any atom is 0.154 e. The maximum absolute atomic E-state index is 12.4. The number of sulfone groups is 1. The Balaban J connectivity index is 2.39. The summed E-state index contributed by atoms with van der Waals surface area (Å²) < 4.78 is 35.2. The molecular weight excluding hydrogens is 290 g/mol. The van der Waals surface area contributed by atoms with Gasteiger partial charge in [0, 0.05) is 30.7 Å². The van der Waals surface area contributed by atoms with Crippen LogP contribution in [0.15, 0.2) is 24.3 Å². The van der Waals surface area contributed by atoms with Crippen molar-refractivity contribution in [1.29, 1.82) is 0 Å². The van der Waals surface area contributed by atoms with Gasteiger partial charge in [0.25, 0.3) is 0 Å². The van der Waals surface area contributed by atoms with Crippen molar-refractivity contribution < 1.29 is 17.9 Å². The van der Waals surface area contributed by atoms with E-state index in [-0.39, 0.29) is 11.7 Å². The summed E-state index contributed by atoms with van der Waals surface area (Å²) >= 11 is 0. The predicted octanol–water partition coefficient (Wildman–Crippen LogP) is 1.19. The fraction of sp³-hybridized carbons (Fsp3) is 0.600. The van der Waals surface area contributed by atoms with Gasteiger partial charge in [0.2, 0.25) is 0 Å². The normalized spacial score (nSPS) is 28.4. The SMILES string of the molecule is CCS(=O)(=O)[C@@H]1[C@@H](c2ccc(OC)cc2)[C@@]1(CN)COC. The summed E-state index contributed by atoms with van der Waals surface area (Å²) in [5.41, 5.74) is 6.37. The van der Waals surface area contributed by atoms with Crippen LogP contribution >= 0.6 is 0 Å². The highest BCUT2D eigenvalue weighted by atomic mass is 32.2. The smallest absolute Gasteiger partial charge is 0.154 e. The highest BCUT2D eigenvalue weighted by molar-refractivity contribution is 7.92. The molecule has 1 fully saturated rings. The van der Waals surface area contributed by atoms with E-state index in [0.29, 0.717) is 13.2 Å². The number of rotatable bonds is 7. The third-order valence-electron chi connectivity index (χ3n) is 4.44. The molecule has 1 aromatic rings. The first-order chi connectivity index (χ1) is 9.96. The summed E-state index contributed by atoms with van der Waals surface area (Å²) in [4.78, 5) is 0. The largest absolute Gasteiger partial charge is 0.497 e. The van der Waals surface area contributed by atoms with Gasteiger partial charge in [-0.1, -0.05) is 19.1 Å². The van der Waals surface area contributed by atoms with Crippen LogP contribution in [0.2, 0.25) is 0 Å². The number of benzene rings is 1. The topological polar surface area (TPSA) is 78.6 Å². The Morgan fingerprint density at radius 3 is 2.29 bits per heavy atom. The van der Waals surface area contributed by atoms with Crippen molar-refractivity contribution in [1.82, 2.24) is 0 Å². The summed E-state index contributed by atoms with van der Waals surface area (Å²) in [6, 6.07) is 7.51. The Bertz CT molecular complexity index is 584. The highest BCUT2D eigenvalue weighted by Crippen LogP contribution is 2.62. The second-order valence-electron chi connectivity index (χ2n) is 5.49. The van der Waals surface area contributed by atoms with Crippen molar-refractivity contribution in [3.05, 3.63) is 29.8 Å². The highest BCUT2D eigenvalue weighted by Gasteiger charge is 2.69. The van der Waals surface area contributed by atoms with Gasteiger partial charge in [-0.15, -0.1) is 0 Å². The van der Waals surface area contributed by atoms with Crippen LogP contribution in [0.1, 0.15) is 18.4 Å². The Morgan fingerprint density at radius 1 is 1.24 bits per heavy atom. The average Bonchev–Trinajstić information content (AvgIpc) is 3.18. The lowest BCUT2D eigenvalue weighted by molar-refractivity contribution is 0.142. The van der Waals surface area contributed by atoms with Crippen LogP contribution < -0.4 is 10.5 Å². The number of methoxy groups -OCH3 is 2. The van der Waals surface area contributed by atoms with Crippen LogP contribution in [0.4, 0.5) is 0 Å². The Hall–Kier alpha value is -1.11. The Morgan fingerprint density at radius 2 is 1.86 bits per heavy atom. The molecule has 1 saturated carbocycles. The molecule has 1 aromatic carbocycles. The summed E-state index contributed by atoms with van der Waals surface area (Å²) in [6.45, 7) is 2.32. The van der Waals surface area contributed by atoms with Crippen LogP contribution in [0.3, 0.4) is 0 Å².